The van der Waals surface area contributed by atoms with E-state index in [9.17, 15) is 0 Å². The molecule has 0 amide bonds. The maximum absolute atomic E-state index is 8.64. The molecule has 0 aromatic carbocycles. The summed E-state index contributed by atoms with van der Waals surface area (Å²) < 4.78 is 144. The Bertz CT molecular complexity index is 1340. The van der Waals surface area contributed by atoms with Crippen LogP contribution in [-0.4, -0.2) is 392 Å². The molecule has 2 N–H and O–H groups in total. The maximum Gasteiger partial charge on any atom is 0.0701 e. The molecule has 0 aromatic heterocycles. The summed E-state index contributed by atoms with van der Waals surface area (Å²) >= 11 is 0. The van der Waals surface area contributed by atoms with Gasteiger partial charge in [0.15, 0.2) is 0 Å². The zero-order valence-electron chi connectivity index (χ0n) is 63.2. The first-order valence-corrected chi connectivity index (χ1v) is 38.3. The number of rotatable bonds is 97. The van der Waals surface area contributed by atoms with E-state index in [1.165, 1.54) is 89.9 Å². The third-order valence-electron chi connectivity index (χ3n) is 14.3. The summed E-state index contributed by atoms with van der Waals surface area (Å²) in [6.45, 7) is 30.7. The van der Waals surface area contributed by atoms with Gasteiger partial charge in [-0.2, -0.15) is 0 Å². The fraction of sp³-hybridized carbons (Fsp3) is 1.00. The van der Waals surface area contributed by atoms with Crippen molar-refractivity contribution in [3.63, 3.8) is 0 Å². The molecule has 29 nitrogen and oxygen atoms in total. The molecule has 0 bridgehead atoms. The van der Waals surface area contributed by atoms with Crippen molar-refractivity contribution in [1.29, 1.82) is 0 Å². The van der Waals surface area contributed by atoms with E-state index in [4.69, 9.17) is 133 Å². The van der Waals surface area contributed by atoms with Crippen molar-refractivity contribution >= 4 is 0 Å². The lowest BCUT2D eigenvalue weighted by Crippen LogP contribution is -2.32. The highest BCUT2D eigenvalue weighted by Crippen LogP contribution is 2.13. The lowest BCUT2D eigenvalue weighted by atomic mass is 10.0. The van der Waals surface area contributed by atoms with E-state index in [-0.39, 0.29) is 13.2 Å². The number of hydrogen-bond acceptors (Lipinski definition) is 29. The van der Waals surface area contributed by atoms with Gasteiger partial charge >= 0.3 is 0 Å². The summed E-state index contributed by atoms with van der Waals surface area (Å²) in [7, 11) is 0. The molecule has 608 valence electrons. The van der Waals surface area contributed by atoms with Crippen molar-refractivity contribution in [3.8, 4) is 0 Å². The fourth-order valence-electron chi connectivity index (χ4n) is 8.86. The molecule has 29 heteroatoms. The van der Waals surface area contributed by atoms with E-state index in [2.05, 4.69) is 11.8 Å². The van der Waals surface area contributed by atoms with Crippen LogP contribution in [0.15, 0.2) is 0 Å². The van der Waals surface area contributed by atoms with Crippen molar-refractivity contribution < 1.29 is 133 Å². The highest BCUT2D eigenvalue weighted by Gasteiger charge is 2.07. The van der Waals surface area contributed by atoms with E-state index in [0.717, 1.165) is 19.6 Å². The summed E-state index contributed by atoms with van der Waals surface area (Å²) in [5.74, 6) is 0. The lowest BCUT2D eigenvalue weighted by Gasteiger charge is -2.22. The van der Waals surface area contributed by atoms with Crippen molar-refractivity contribution in [1.82, 2.24) is 4.90 Å². The van der Waals surface area contributed by atoms with E-state index < -0.39 is 0 Å². The molecule has 0 aliphatic heterocycles. The highest BCUT2D eigenvalue weighted by molar-refractivity contribution is 4.59. The standard InChI is InChI=1S/C72H147NO28/c1-2-3-4-5-6-7-8-9-10-11-12-13-14-15-16-73(17-21-76-25-29-80-33-37-84-41-45-88-49-53-92-57-61-96-65-69-100-71-67-98-63-59-94-55-51-90-47-43-86-39-35-82-31-27-78-23-19-74)18-22-77-26-30-81-34-38-85-42-46-89-50-54-93-58-62-97-66-70-101-72-68-99-64-60-95-56-52-91-48-44-87-40-36-83-32-28-79-24-20-75/h74-75H,2-72H2,1H3. The highest BCUT2D eigenvalue weighted by atomic mass is 16.6. The summed E-state index contributed by atoms with van der Waals surface area (Å²) in [6.07, 6.45) is 18.9. The molecule has 101 heavy (non-hydrogen) atoms. The van der Waals surface area contributed by atoms with E-state index in [1.54, 1.807) is 0 Å². The Morgan fingerprint density at radius 1 is 0.139 bits per heavy atom. The van der Waals surface area contributed by atoms with Crippen molar-refractivity contribution in [3.05, 3.63) is 0 Å². The average Bonchev–Trinajstić information content (AvgIpc) is 3.78. The second-order valence-electron chi connectivity index (χ2n) is 22.8. The Morgan fingerprint density at radius 3 is 0.396 bits per heavy atom. The molecule has 0 aromatic rings. The third kappa shape index (κ3) is 94.9. The van der Waals surface area contributed by atoms with Gasteiger partial charge in [0.25, 0.3) is 0 Å². The van der Waals surface area contributed by atoms with Crippen LogP contribution < -0.4 is 0 Å². The molecule has 0 heterocycles. The smallest absolute Gasteiger partial charge is 0.0701 e. The van der Waals surface area contributed by atoms with Crippen molar-refractivity contribution in [2.24, 2.45) is 0 Å². The first-order chi connectivity index (χ1) is 50.3. The van der Waals surface area contributed by atoms with Crippen LogP contribution in [0.2, 0.25) is 0 Å². The quantitative estimate of drug-likeness (QED) is 0.0741. The summed E-state index contributed by atoms with van der Waals surface area (Å²) in [5, 5.41) is 17.3. The zero-order valence-corrected chi connectivity index (χ0v) is 63.2. The van der Waals surface area contributed by atoms with Gasteiger partial charge in [0.2, 0.25) is 0 Å². The molecule has 0 spiro atoms. The second-order valence-corrected chi connectivity index (χ2v) is 22.8. The number of aliphatic hydroxyl groups excluding tert-OH is 2. The van der Waals surface area contributed by atoms with Crippen LogP contribution in [0.25, 0.3) is 0 Å². The van der Waals surface area contributed by atoms with Crippen LogP contribution >= 0.6 is 0 Å². The number of hydrogen-bond donors (Lipinski definition) is 2. The number of nitrogens with zero attached hydrogens (tertiary/aromatic N) is 1. The summed E-state index contributed by atoms with van der Waals surface area (Å²) in [4.78, 5) is 2.45. The molecule has 0 atom stereocenters. The van der Waals surface area contributed by atoms with Crippen molar-refractivity contribution in [2.45, 2.75) is 96.8 Å². The number of unbranched alkanes of at least 4 members (excludes halogenated alkanes) is 13. The largest absolute Gasteiger partial charge is 0.394 e. The molecule has 0 saturated heterocycles. The van der Waals surface area contributed by atoms with Gasteiger partial charge in [-0.25, -0.2) is 0 Å². The predicted octanol–water partition coefficient (Wildman–Crippen LogP) is 5.19. The summed E-state index contributed by atoms with van der Waals surface area (Å²) in [5.41, 5.74) is 0. The minimum absolute atomic E-state index is 0.0176. The first kappa shape index (κ1) is 99.8. The van der Waals surface area contributed by atoms with Crippen molar-refractivity contribution in [2.75, 3.05) is 376 Å². The average molecular weight is 1470 g/mol. The SMILES string of the molecule is CCCCCCCCCCCCCCCCN(CCOCCOCCOCCOCCOCCOCCOCCOCCOCCOCCOCCOCCOCCO)CCOCCOCCOCCOCCOCCOCCOCCOCCOCCOCCOCCOCCOCCO. The maximum atomic E-state index is 8.64. The number of ether oxygens (including phenoxy) is 26. The fourth-order valence-corrected chi connectivity index (χ4v) is 8.86. The third-order valence-corrected chi connectivity index (χ3v) is 14.3. The molecule has 0 rings (SSSR count). The molecular weight excluding hydrogens is 1330 g/mol. The minimum Gasteiger partial charge on any atom is -0.394 e. The zero-order chi connectivity index (χ0) is 72.2. The molecule has 0 aliphatic carbocycles. The van der Waals surface area contributed by atoms with Gasteiger partial charge in [-0.1, -0.05) is 90.4 Å². The van der Waals surface area contributed by atoms with Gasteiger partial charge in [0.05, 0.1) is 357 Å². The number of aliphatic hydroxyl groups is 2. The Morgan fingerprint density at radius 2 is 0.257 bits per heavy atom. The molecular formula is C72H147NO28. The monoisotopic (exact) mass is 1470 g/mol. The van der Waals surface area contributed by atoms with Crippen LogP contribution in [0.1, 0.15) is 96.8 Å². The topological polar surface area (TPSA) is 284 Å². The van der Waals surface area contributed by atoms with Gasteiger partial charge in [0.1, 0.15) is 0 Å². The summed E-state index contributed by atoms with van der Waals surface area (Å²) in [6, 6.07) is 0. The Hall–Kier alpha value is -1.16. The van der Waals surface area contributed by atoms with Crippen LogP contribution in [0, 0.1) is 0 Å². The van der Waals surface area contributed by atoms with Crippen LogP contribution in [0.5, 0.6) is 0 Å². The van der Waals surface area contributed by atoms with E-state index in [0.29, 0.717) is 344 Å². The lowest BCUT2D eigenvalue weighted by molar-refractivity contribution is -0.0296. The molecule has 0 fully saturated rings. The minimum atomic E-state index is 0.0176. The van der Waals surface area contributed by atoms with Gasteiger partial charge in [0, 0.05) is 13.1 Å². The van der Waals surface area contributed by atoms with Crippen LogP contribution in [-0.2, 0) is 123 Å². The Balaban J connectivity index is 3.75. The van der Waals surface area contributed by atoms with Gasteiger partial charge < -0.3 is 133 Å². The van der Waals surface area contributed by atoms with E-state index in [1.807, 2.05) is 0 Å². The first-order valence-electron chi connectivity index (χ1n) is 38.3. The van der Waals surface area contributed by atoms with E-state index >= 15 is 0 Å². The van der Waals surface area contributed by atoms with Crippen LogP contribution in [0.3, 0.4) is 0 Å². The van der Waals surface area contributed by atoms with Gasteiger partial charge in [-0.05, 0) is 13.0 Å². The van der Waals surface area contributed by atoms with Gasteiger partial charge in [-0.15, -0.1) is 0 Å². The molecule has 0 unspecified atom stereocenters. The normalized spacial score (nSPS) is 11.9. The Kier molecular flexibility index (Phi) is 95.7. The molecule has 0 radical (unpaired) electrons. The van der Waals surface area contributed by atoms with Crippen LogP contribution in [0.4, 0.5) is 0 Å². The molecule has 0 saturated carbocycles. The van der Waals surface area contributed by atoms with Gasteiger partial charge in [-0.3, -0.25) is 4.90 Å². The Labute approximate surface area is 609 Å². The second kappa shape index (κ2) is 96.9. The predicted molar refractivity (Wildman–Crippen MR) is 382 cm³/mol. The molecule has 0 aliphatic rings.